The number of amides is 1. The van der Waals surface area contributed by atoms with Crippen LogP contribution in [0.15, 0.2) is 24.4 Å². The van der Waals surface area contributed by atoms with Gasteiger partial charge in [-0.3, -0.25) is 14.8 Å². The van der Waals surface area contributed by atoms with E-state index in [1.807, 2.05) is 6.07 Å². The van der Waals surface area contributed by atoms with Crippen LogP contribution in [0.4, 0.5) is 0 Å². The lowest BCUT2D eigenvalue weighted by atomic mass is 10.1. The Morgan fingerprint density at radius 3 is 3.20 bits per heavy atom. The van der Waals surface area contributed by atoms with Crippen LogP contribution in [0.3, 0.4) is 0 Å². The van der Waals surface area contributed by atoms with Gasteiger partial charge in [-0.25, -0.2) is 0 Å². The molecule has 1 fully saturated rings. The number of aromatic amines is 1. The van der Waals surface area contributed by atoms with E-state index < -0.39 is 0 Å². The van der Waals surface area contributed by atoms with Gasteiger partial charge in [-0.2, -0.15) is 5.10 Å². The van der Waals surface area contributed by atoms with Crippen molar-refractivity contribution in [2.45, 2.75) is 25.1 Å². The van der Waals surface area contributed by atoms with E-state index in [9.17, 15) is 4.79 Å². The molecule has 1 aliphatic heterocycles. The molecular weight excluding hydrogens is 256 g/mol. The minimum Gasteiger partial charge on any atom is -0.380 e. The summed E-state index contributed by atoms with van der Waals surface area (Å²) >= 11 is 0. The Labute approximate surface area is 116 Å². The summed E-state index contributed by atoms with van der Waals surface area (Å²) in [5, 5.41) is 8.04. The van der Waals surface area contributed by atoms with Gasteiger partial charge in [-0.15, -0.1) is 0 Å². The molecule has 20 heavy (non-hydrogen) atoms. The predicted molar refractivity (Wildman–Crippen MR) is 74.9 cm³/mol. The van der Waals surface area contributed by atoms with E-state index >= 15 is 0 Å². The Kier molecular flexibility index (Phi) is 3.42. The summed E-state index contributed by atoms with van der Waals surface area (Å²) < 4.78 is 5.35. The molecule has 6 heteroatoms. The van der Waals surface area contributed by atoms with Crippen molar-refractivity contribution >= 4 is 16.8 Å². The lowest BCUT2D eigenvalue weighted by molar-refractivity contribution is -0.122. The molecule has 0 bridgehead atoms. The van der Waals surface area contributed by atoms with Gasteiger partial charge in [0.25, 0.3) is 0 Å². The SMILES string of the molecule is CO[C@H]1C[C@@H](C(N)=O)N(Cc2ccc3cn[nH]c3c2)C1. The first-order valence-corrected chi connectivity index (χ1v) is 6.65. The third kappa shape index (κ3) is 2.39. The fourth-order valence-electron chi connectivity index (χ4n) is 2.82. The number of aromatic nitrogens is 2. The van der Waals surface area contributed by atoms with Crippen molar-refractivity contribution in [2.75, 3.05) is 13.7 Å². The maximum atomic E-state index is 11.5. The van der Waals surface area contributed by atoms with Crippen LogP contribution in [-0.2, 0) is 16.1 Å². The predicted octanol–water partition coefficient (Wildman–Crippen LogP) is 0.637. The third-order valence-corrected chi connectivity index (χ3v) is 3.92. The lowest BCUT2D eigenvalue weighted by Gasteiger charge is -2.21. The van der Waals surface area contributed by atoms with Crippen LogP contribution in [-0.4, -0.2) is 46.8 Å². The number of nitrogens with one attached hydrogen (secondary N) is 1. The second-order valence-corrected chi connectivity index (χ2v) is 5.23. The van der Waals surface area contributed by atoms with Crippen molar-refractivity contribution in [1.82, 2.24) is 15.1 Å². The smallest absolute Gasteiger partial charge is 0.234 e. The number of likely N-dealkylation sites (tertiary alicyclic amines) is 1. The minimum absolute atomic E-state index is 0.0726. The van der Waals surface area contributed by atoms with Crippen LogP contribution in [0, 0.1) is 0 Å². The number of rotatable bonds is 4. The molecule has 0 saturated carbocycles. The summed E-state index contributed by atoms with van der Waals surface area (Å²) in [6.07, 6.45) is 2.53. The summed E-state index contributed by atoms with van der Waals surface area (Å²) in [7, 11) is 1.67. The largest absolute Gasteiger partial charge is 0.380 e. The zero-order valence-electron chi connectivity index (χ0n) is 11.4. The minimum atomic E-state index is -0.285. The van der Waals surface area contributed by atoms with Crippen LogP contribution >= 0.6 is 0 Å². The molecule has 0 spiro atoms. The average Bonchev–Trinajstić information content (AvgIpc) is 3.04. The maximum Gasteiger partial charge on any atom is 0.234 e. The fraction of sp³-hybridized carbons (Fsp3) is 0.429. The highest BCUT2D eigenvalue weighted by Gasteiger charge is 2.35. The highest BCUT2D eigenvalue weighted by Crippen LogP contribution is 2.23. The van der Waals surface area contributed by atoms with Gasteiger partial charge in [0.1, 0.15) is 0 Å². The molecule has 1 saturated heterocycles. The van der Waals surface area contributed by atoms with E-state index in [4.69, 9.17) is 10.5 Å². The van der Waals surface area contributed by atoms with Crippen LogP contribution in [0.5, 0.6) is 0 Å². The summed E-state index contributed by atoms with van der Waals surface area (Å²) in [5.41, 5.74) is 7.61. The summed E-state index contributed by atoms with van der Waals surface area (Å²) in [6, 6.07) is 5.88. The Bertz CT molecular complexity index is 624. The van der Waals surface area contributed by atoms with E-state index in [1.165, 1.54) is 0 Å². The molecule has 0 aliphatic carbocycles. The van der Waals surface area contributed by atoms with E-state index in [2.05, 4.69) is 27.2 Å². The Balaban J connectivity index is 1.79. The van der Waals surface area contributed by atoms with Gasteiger partial charge in [-0.1, -0.05) is 12.1 Å². The van der Waals surface area contributed by atoms with Gasteiger partial charge in [0.2, 0.25) is 5.91 Å². The fourth-order valence-corrected chi connectivity index (χ4v) is 2.82. The summed E-state index contributed by atoms with van der Waals surface area (Å²) in [6.45, 7) is 1.41. The highest BCUT2D eigenvalue weighted by molar-refractivity contribution is 5.80. The van der Waals surface area contributed by atoms with Crippen molar-refractivity contribution in [2.24, 2.45) is 5.73 Å². The van der Waals surface area contributed by atoms with Gasteiger partial charge in [0.05, 0.1) is 23.9 Å². The highest BCUT2D eigenvalue weighted by atomic mass is 16.5. The van der Waals surface area contributed by atoms with Crippen molar-refractivity contribution in [3.63, 3.8) is 0 Å². The first-order valence-electron chi connectivity index (χ1n) is 6.65. The molecule has 106 valence electrons. The standard InChI is InChI=1S/C14H18N4O2/c1-20-11-5-13(14(15)19)18(8-11)7-9-2-3-10-6-16-17-12(10)4-9/h2-4,6,11,13H,5,7-8H2,1H3,(H2,15,19)(H,16,17)/t11-,13-/m0/s1. The van der Waals surface area contributed by atoms with Crippen LogP contribution in [0.1, 0.15) is 12.0 Å². The Morgan fingerprint density at radius 2 is 2.45 bits per heavy atom. The van der Waals surface area contributed by atoms with Gasteiger partial charge < -0.3 is 10.5 Å². The average molecular weight is 274 g/mol. The van der Waals surface area contributed by atoms with E-state index in [0.29, 0.717) is 13.0 Å². The van der Waals surface area contributed by atoms with Gasteiger partial charge >= 0.3 is 0 Å². The second kappa shape index (κ2) is 5.22. The van der Waals surface area contributed by atoms with Crippen molar-refractivity contribution in [3.8, 4) is 0 Å². The molecular formula is C14H18N4O2. The number of methoxy groups -OCH3 is 1. The number of hydrogen-bond acceptors (Lipinski definition) is 4. The molecule has 2 aromatic rings. The van der Waals surface area contributed by atoms with E-state index in [-0.39, 0.29) is 18.1 Å². The quantitative estimate of drug-likeness (QED) is 0.857. The molecule has 3 rings (SSSR count). The normalized spacial score (nSPS) is 23.4. The monoisotopic (exact) mass is 274 g/mol. The van der Waals surface area contributed by atoms with Gasteiger partial charge in [0.15, 0.2) is 0 Å². The number of carbonyl (C=O) groups excluding carboxylic acids is 1. The number of hydrogen-bond donors (Lipinski definition) is 2. The van der Waals surface area contributed by atoms with Crippen molar-refractivity contribution in [3.05, 3.63) is 30.0 Å². The molecule has 1 aromatic carbocycles. The zero-order chi connectivity index (χ0) is 14.1. The summed E-state index contributed by atoms with van der Waals surface area (Å²) in [5.74, 6) is -0.285. The number of nitrogens with two attached hydrogens (primary N) is 1. The Morgan fingerprint density at radius 1 is 1.60 bits per heavy atom. The third-order valence-electron chi connectivity index (χ3n) is 3.92. The molecule has 1 amide bonds. The lowest BCUT2D eigenvalue weighted by Crippen LogP contribution is -2.39. The number of nitrogens with zero attached hydrogens (tertiary/aromatic N) is 2. The molecule has 3 N–H and O–H groups in total. The molecule has 2 heterocycles. The topological polar surface area (TPSA) is 84.2 Å². The summed E-state index contributed by atoms with van der Waals surface area (Å²) in [4.78, 5) is 13.6. The number of ether oxygens (including phenoxy) is 1. The molecule has 1 aromatic heterocycles. The van der Waals surface area contributed by atoms with E-state index in [1.54, 1.807) is 13.3 Å². The number of fused-ring (bicyclic) bond motifs is 1. The van der Waals surface area contributed by atoms with Crippen molar-refractivity contribution < 1.29 is 9.53 Å². The second-order valence-electron chi connectivity index (χ2n) is 5.23. The van der Waals surface area contributed by atoms with Gasteiger partial charge in [-0.05, 0) is 18.1 Å². The molecule has 0 unspecified atom stereocenters. The molecule has 6 nitrogen and oxygen atoms in total. The van der Waals surface area contributed by atoms with Crippen LogP contribution in [0.2, 0.25) is 0 Å². The Hall–Kier alpha value is -1.92. The molecule has 2 atom stereocenters. The zero-order valence-corrected chi connectivity index (χ0v) is 11.4. The number of carbonyl (C=O) groups is 1. The van der Waals surface area contributed by atoms with Crippen LogP contribution in [0.25, 0.3) is 10.9 Å². The van der Waals surface area contributed by atoms with Crippen LogP contribution < -0.4 is 5.73 Å². The number of benzene rings is 1. The first kappa shape index (κ1) is 13.1. The maximum absolute atomic E-state index is 11.5. The first-order chi connectivity index (χ1) is 9.67. The number of primary amides is 1. The van der Waals surface area contributed by atoms with Crippen molar-refractivity contribution in [1.29, 1.82) is 0 Å². The molecule has 1 aliphatic rings. The number of H-pyrrole nitrogens is 1. The molecule has 0 radical (unpaired) electrons. The van der Waals surface area contributed by atoms with E-state index in [0.717, 1.165) is 23.0 Å². The van der Waals surface area contributed by atoms with Gasteiger partial charge in [0, 0.05) is 25.6 Å².